The van der Waals surface area contributed by atoms with Crippen molar-refractivity contribution in [3.8, 4) is 0 Å². The zero-order valence-electron chi connectivity index (χ0n) is 9.47. The van der Waals surface area contributed by atoms with Crippen LogP contribution in [0.1, 0.15) is 6.92 Å². The molecule has 0 saturated carbocycles. The van der Waals surface area contributed by atoms with Gasteiger partial charge in [0, 0.05) is 11.6 Å². The minimum atomic E-state index is -0.935. The Balaban J connectivity index is -0.000000162. The van der Waals surface area contributed by atoms with Gasteiger partial charge in [-0.1, -0.05) is 13.2 Å². The Morgan fingerprint density at radius 1 is 1.31 bits per heavy atom. The maximum atomic E-state index is 9.84. The molecule has 6 nitrogen and oxygen atoms in total. The van der Waals surface area contributed by atoms with Crippen LogP contribution in [0, 0.1) is 0 Å². The summed E-state index contributed by atoms with van der Waals surface area (Å²) in [6.07, 6.45) is 1.11. The minimum absolute atomic E-state index is 0.125. The first-order chi connectivity index (χ1) is 7.37. The van der Waals surface area contributed by atoms with Crippen molar-refractivity contribution in [1.29, 1.82) is 0 Å². The Bertz CT molecular complexity index is 205. The first-order valence-electron chi connectivity index (χ1n) is 4.18. The number of carboxylic acid groups (broad SMARTS) is 1. The van der Waals surface area contributed by atoms with Gasteiger partial charge in [0.1, 0.15) is 0 Å². The molecule has 0 aromatic rings. The number of carbonyl (C=O) groups excluding carboxylic acids is 1. The van der Waals surface area contributed by atoms with Crippen molar-refractivity contribution < 1.29 is 29.6 Å². The highest BCUT2D eigenvalue weighted by Gasteiger charge is 1.90. The van der Waals surface area contributed by atoms with Gasteiger partial charge in [0.15, 0.2) is 0 Å². The van der Waals surface area contributed by atoms with Crippen LogP contribution in [-0.2, 0) is 14.3 Å². The van der Waals surface area contributed by atoms with Crippen LogP contribution in [0.25, 0.3) is 0 Å². The lowest BCUT2D eigenvalue weighted by Crippen LogP contribution is -1.92. The van der Waals surface area contributed by atoms with Crippen LogP contribution < -0.4 is 0 Å². The van der Waals surface area contributed by atoms with E-state index in [2.05, 4.69) is 17.9 Å². The molecule has 0 radical (unpaired) electrons. The second-order valence-electron chi connectivity index (χ2n) is 2.26. The quantitative estimate of drug-likeness (QED) is 0.467. The van der Waals surface area contributed by atoms with Gasteiger partial charge in [-0.2, -0.15) is 0 Å². The molecule has 0 unspecified atom stereocenters. The van der Waals surface area contributed by atoms with Gasteiger partial charge < -0.3 is 20.1 Å². The van der Waals surface area contributed by atoms with Gasteiger partial charge in [-0.15, -0.1) is 0 Å². The van der Waals surface area contributed by atoms with Crippen LogP contribution in [0.5, 0.6) is 0 Å². The maximum Gasteiger partial charge on any atom is 0.330 e. The van der Waals surface area contributed by atoms with E-state index in [1.165, 1.54) is 14.0 Å². The summed E-state index contributed by atoms with van der Waals surface area (Å²) < 4.78 is 4.14. The lowest BCUT2D eigenvalue weighted by atomic mass is 10.4. The van der Waals surface area contributed by atoms with Crippen molar-refractivity contribution in [1.82, 2.24) is 0 Å². The SMILES string of the molecule is C=C(C)C(=O)O.C=CC(=O)OC.OCCO. The maximum absolute atomic E-state index is 9.84. The predicted molar refractivity (Wildman–Crippen MR) is 58.8 cm³/mol. The van der Waals surface area contributed by atoms with Gasteiger partial charge in [-0.25, -0.2) is 9.59 Å². The first-order valence-corrected chi connectivity index (χ1v) is 4.18. The molecule has 0 aliphatic carbocycles. The van der Waals surface area contributed by atoms with Crippen molar-refractivity contribution in [2.24, 2.45) is 0 Å². The Labute approximate surface area is 94.5 Å². The molecule has 0 aliphatic rings. The predicted octanol–water partition coefficient (Wildman–Crippen LogP) is -0.0365. The number of rotatable bonds is 3. The summed E-state index contributed by atoms with van der Waals surface area (Å²) in [6, 6.07) is 0. The number of aliphatic carboxylic acids is 1. The Morgan fingerprint density at radius 3 is 1.62 bits per heavy atom. The topological polar surface area (TPSA) is 104 Å². The number of aliphatic hydroxyl groups is 2. The molecule has 0 atom stereocenters. The molecule has 0 saturated heterocycles. The average Bonchev–Trinajstić information content (AvgIpc) is 2.28. The first kappa shape index (κ1) is 19.8. The molecule has 3 N–H and O–H groups in total. The van der Waals surface area contributed by atoms with Gasteiger partial charge in [-0.05, 0) is 6.92 Å². The molecule has 0 bridgehead atoms. The third-order valence-electron chi connectivity index (χ3n) is 0.833. The largest absolute Gasteiger partial charge is 0.478 e. The van der Waals surface area contributed by atoms with Crippen LogP contribution in [-0.4, -0.2) is 47.6 Å². The highest BCUT2D eigenvalue weighted by atomic mass is 16.5. The Kier molecular flexibility index (Phi) is 19.6. The molecule has 16 heavy (non-hydrogen) atoms. The normalized spacial score (nSPS) is 7.25. The van der Waals surface area contributed by atoms with Crippen LogP contribution in [0.3, 0.4) is 0 Å². The molecule has 6 heteroatoms. The van der Waals surface area contributed by atoms with Crippen molar-refractivity contribution in [3.05, 3.63) is 24.8 Å². The highest BCUT2D eigenvalue weighted by molar-refractivity contribution is 5.84. The minimum Gasteiger partial charge on any atom is -0.478 e. The number of hydrogen-bond donors (Lipinski definition) is 3. The molecule has 0 aliphatic heterocycles. The Morgan fingerprint density at radius 2 is 1.62 bits per heavy atom. The lowest BCUT2D eigenvalue weighted by molar-refractivity contribution is -0.135. The molecule has 0 fully saturated rings. The van der Waals surface area contributed by atoms with E-state index in [0.29, 0.717) is 0 Å². The van der Waals surface area contributed by atoms with Crippen molar-refractivity contribution in [2.45, 2.75) is 6.92 Å². The summed E-state index contributed by atoms with van der Waals surface area (Å²) in [5, 5.41) is 23.1. The van der Waals surface area contributed by atoms with Gasteiger partial charge in [-0.3, -0.25) is 0 Å². The van der Waals surface area contributed by atoms with E-state index in [0.717, 1.165) is 6.08 Å². The smallest absolute Gasteiger partial charge is 0.330 e. The molecule has 0 spiro atoms. The van der Waals surface area contributed by atoms with E-state index >= 15 is 0 Å². The van der Waals surface area contributed by atoms with Crippen molar-refractivity contribution >= 4 is 11.9 Å². The number of methoxy groups -OCH3 is 1. The van der Waals surface area contributed by atoms with Crippen LogP contribution in [0.4, 0.5) is 0 Å². The summed E-state index contributed by atoms with van der Waals surface area (Å²) in [5.74, 6) is -1.33. The third-order valence-corrected chi connectivity index (χ3v) is 0.833. The van der Waals surface area contributed by atoms with E-state index in [1.54, 1.807) is 0 Å². The second kappa shape index (κ2) is 15.8. The zero-order chi connectivity index (χ0) is 13.6. The monoisotopic (exact) mass is 234 g/mol. The summed E-state index contributed by atoms with van der Waals surface area (Å²) in [6.45, 7) is 7.51. The molecular formula is C10H18O6. The van der Waals surface area contributed by atoms with Gasteiger partial charge in [0.05, 0.1) is 20.3 Å². The summed E-state index contributed by atoms with van der Waals surface area (Å²) in [4.78, 5) is 19.4. The number of carbonyl (C=O) groups is 2. The zero-order valence-corrected chi connectivity index (χ0v) is 9.47. The number of hydrogen-bond acceptors (Lipinski definition) is 5. The lowest BCUT2D eigenvalue weighted by Gasteiger charge is -1.83. The van der Waals surface area contributed by atoms with E-state index in [9.17, 15) is 9.59 Å². The molecular weight excluding hydrogens is 216 g/mol. The summed E-state index contributed by atoms with van der Waals surface area (Å²) >= 11 is 0. The van der Waals surface area contributed by atoms with Crippen molar-refractivity contribution in [2.75, 3.05) is 20.3 Å². The number of carboxylic acids is 1. The molecule has 94 valence electrons. The standard InChI is InChI=1S/2C4H6O2.C2H6O2/c1-3-4(5)6-2;1-3(2)4(5)6;3-1-2-4/h3H,1H2,2H3;1H2,2H3,(H,5,6);3-4H,1-2H2. The fraction of sp³-hybridized carbons (Fsp3) is 0.400. The average molecular weight is 234 g/mol. The Hall–Kier alpha value is -1.66. The van der Waals surface area contributed by atoms with E-state index in [4.69, 9.17) is 15.3 Å². The van der Waals surface area contributed by atoms with Gasteiger partial charge >= 0.3 is 11.9 Å². The van der Waals surface area contributed by atoms with E-state index < -0.39 is 11.9 Å². The van der Waals surface area contributed by atoms with E-state index in [1.807, 2.05) is 0 Å². The van der Waals surface area contributed by atoms with Gasteiger partial charge in [0.25, 0.3) is 0 Å². The number of esters is 1. The van der Waals surface area contributed by atoms with E-state index in [-0.39, 0.29) is 18.8 Å². The highest BCUT2D eigenvalue weighted by Crippen LogP contribution is 1.81. The third kappa shape index (κ3) is 29.5. The van der Waals surface area contributed by atoms with Crippen LogP contribution >= 0.6 is 0 Å². The van der Waals surface area contributed by atoms with Crippen LogP contribution in [0.15, 0.2) is 24.8 Å². The molecule has 0 rings (SSSR count). The molecule has 0 aromatic carbocycles. The van der Waals surface area contributed by atoms with Crippen molar-refractivity contribution in [3.63, 3.8) is 0 Å². The van der Waals surface area contributed by atoms with Gasteiger partial charge in [0.2, 0.25) is 0 Å². The molecule has 0 heterocycles. The fourth-order valence-corrected chi connectivity index (χ4v) is 0.0833. The fourth-order valence-electron chi connectivity index (χ4n) is 0.0833. The molecule has 0 amide bonds. The second-order valence-corrected chi connectivity index (χ2v) is 2.26. The number of ether oxygens (including phenoxy) is 1. The molecule has 0 aromatic heterocycles. The summed E-state index contributed by atoms with van der Waals surface area (Å²) in [5.41, 5.74) is 0.176. The number of aliphatic hydroxyl groups excluding tert-OH is 2. The van der Waals surface area contributed by atoms with Crippen LogP contribution in [0.2, 0.25) is 0 Å². The summed E-state index contributed by atoms with van der Waals surface area (Å²) in [7, 11) is 1.31.